The number of hydrogen-bond donors (Lipinski definition) is 2. The summed E-state index contributed by atoms with van der Waals surface area (Å²) in [6.07, 6.45) is 0. The van der Waals surface area contributed by atoms with Gasteiger partial charge in [-0.25, -0.2) is 9.18 Å². The van der Waals surface area contributed by atoms with Crippen molar-refractivity contribution in [1.29, 1.82) is 5.26 Å². The highest BCUT2D eigenvalue weighted by atomic mass is 32.2. The van der Waals surface area contributed by atoms with Gasteiger partial charge in [-0.3, -0.25) is 4.79 Å². The number of nitrogens with one attached hydrogen (secondary N) is 1. The van der Waals surface area contributed by atoms with Crippen molar-refractivity contribution in [1.82, 2.24) is 5.32 Å². The van der Waals surface area contributed by atoms with E-state index in [1.54, 1.807) is 12.1 Å². The van der Waals surface area contributed by atoms with Crippen LogP contribution in [-0.2, 0) is 15.3 Å². The van der Waals surface area contributed by atoms with Crippen LogP contribution in [0, 0.1) is 17.1 Å². The third kappa shape index (κ3) is 4.55. The summed E-state index contributed by atoms with van der Waals surface area (Å²) in [5.41, 5.74) is 0.292. The molecule has 0 bridgehead atoms. The molecule has 0 heterocycles. The number of carbonyl (C=O) groups excluding carboxylic acids is 1. The first kappa shape index (κ1) is 16.0. The summed E-state index contributed by atoms with van der Waals surface area (Å²) in [6, 6.07) is 5.21. The smallest absolute Gasteiger partial charge is 0.327 e. The second-order valence-corrected chi connectivity index (χ2v) is 5.03. The van der Waals surface area contributed by atoms with E-state index in [1.807, 2.05) is 0 Å². The van der Waals surface area contributed by atoms with E-state index in [9.17, 15) is 14.0 Å². The third-order valence-corrected chi connectivity index (χ3v) is 3.50. The highest BCUT2D eigenvalue weighted by Crippen LogP contribution is 2.19. The first-order valence-corrected chi connectivity index (χ1v) is 6.86. The van der Waals surface area contributed by atoms with E-state index < -0.39 is 23.7 Å². The van der Waals surface area contributed by atoms with Gasteiger partial charge in [0.15, 0.2) is 0 Å². The number of nitrogens with zero attached hydrogens (tertiary/aromatic N) is 1. The Morgan fingerprint density at radius 3 is 2.80 bits per heavy atom. The maximum absolute atomic E-state index is 13.7. The van der Waals surface area contributed by atoms with Crippen LogP contribution in [0.5, 0.6) is 0 Å². The van der Waals surface area contributed by atoms with Crippen molar-refractivity contribution in [3.05, 3.63) is 35.1 Å². The monoisotopic (exact) mass is 296 g/mol. The molecule has 0 aliphatic heterocycles. The fourth-order valence-electron chi connectivity index (χ4n) is 1.48. The van der Waals surface area contributed by atoms with E-state index in [0.29, 0.717) is 5.56 Å². The number of carboxylic acid groups (broad SMARTS) is 1. The molecule has 0 aliphatic rings. The molecule has 2 N–H and O–H groups in total. The number of aliphatic carboxylic acids is 1. The summed E-state index contributed by atoms with van der Waals surface area (Å²) in [6.45, 7) is 1.23. The maximum atomic E-state index is 13.7. The minimum atomic E-state index is -1.14. The molecule has 1 atom stereocenters. The zero-order valence-corrected chi connectivity index (χ0v) is 11.5. The predicted molar refractivity (Wildman–Crippen MR) is 72.5 cm³/mol. The largest absolute Gasteiger partial charge is 0.480 e. The fourth-order valence-corrected chi connectivity index (χ4v) is 2.51. The molecule has 1 rings (SSSR count). The van der Waals surface area contributed by atoms with Gasteiger partial charge in [-0.2, -0.15) is 17.0 Å². The predicted octanol–water partition coefficient (Wildman–Crippen LogP) is 1.52. The van der Waals surface area contributed by atoms with Gasteiger partial charge in [0, 0.05) is 18.4 Å². The maximum Gasteiger partial charge on any atom is 0.327 e. The van der Waals surface area contributed by atoms with E-state index in [2.05, 4.69) is 5.32 Å². The standard InChI is InChI=1S/C13H13FN2O3S/c1-8(17)16-11(13(18)19)7-20-6-10-4-2-3-9(5-15)12(10)14/h2-4,11H,6-7H2,1H3,(H,16,17)(H,18,19). The second-order valence-electron chi connectivity index (χ2n) is 4.00. The molecule has 1 aromatic carbocycles. The molecule has 1 unspecified atom stereocenters. The number of thioether (sulfide) groups is 1. The average molecular weight is 296 g/mol. The van der Waals surface area contributed by atoms with Gasteiger partial charge in [0.25, 0.3) is 0 Å². The second kappa shape index (κ2) is 7.50. The zero-order valence-electron chi connectivity index (χ0n) is 10.7. The van der Waals surface area contributed by atoms with E-state index in [0.717, 1.165) is 0 Å². The Morgan fingerprint density at radius 1 is 1.55 bits per heavy atom. The van der Waals surface area contributed by atoms with Crippen LogP contribution < -0.4 is 5.32 Å². The highest BCUT2D eigenvalue weighted by Gasteiger charge is 2.18. The van der Waals surface area contributed by atoms with Crippen LogP contribution in [0.3, 0.4) is 0 Å². The molecule has 0 spiro atoms. The molecule has 7 heteroatoms. The molecule has 0 radical (unpaired) electrons. The topological polar surface area (TPSA) is 90.2 Å². The van der Waals surface area contributed by atoms with Gasteiger partial charge in [-0.15, -0.1) is 0 Å². The summed E-state index contributed by atoms with van der Waals surface area (Å²) in [5, 5.41) is 19.9. The summed E-state index contributed by atoms with van der Waals surface area (Å²) < 4.78 is 13.7. The van der Waals surface area contributed by atoms with Gasteiger partial charge >= 0.3 is 5.97 Å². The van der Waals surface area contributed by atoms with E-state index in [1.165, 1.54) is 30.8 Å². The molecule has 5 nitrogen and oxygen atoms in total. The molecule has 20 heavy (non-hydrogen) atoms. The Balaban J connectivity index is 2.62. The van der Waals surface area contributed by atoms with Gasteiger partial charge in [-0.1, -0.05) is 12.1 Å². The number of hydrogen-bond acceptors (Lipinski definition) is 4. The van der Waals surface area contributed by atoms with Crippen molar-refractivity contribution in [3.63, 3.8) is 0 Å². The van der Waals surface area contributed by atoms with Crippen LogP contribution in [0.2, 0.25) is 0 Å². The van der Waals surface area contributed by atoms with Gasteiger partial charge < -0.3 is 10.4 Å². The van der Waals surface area contributed by atoms with Gasteiger partial charge in [0.05, 0.1) is 5.56 Å². The number of carbonyl (C=O) groups is 2. The van der Waals surface area contributed by atoms with Crippen molar-refractivity contribution in [2.24, 2.45) is 0 Å². The quantitative estimate of drug-likeness (QED) is 0.830. The molecule has 0 aromatic heterocycles. The summed E-state index contributed by atoms with van der Waals surface area (Å²) in [4.78, 5) is 21.7. The molecule has 1 amide bonds. The number of rotatable bonds is 6. The minimum absolute atomic E-state index is 0.0419. The Kier molecular flexibility index (Phi) is 6.00. The molecule has 0 saturated heterocycles. The average Bonchev–Trinajstić information content (AvgIpc) is 2.39. The van der Waals surface area contributed by atoms with Crippen LogP contribution >= 0.6 is 11.8 Å². The number of halogens is 1. The van der Waals surface area contributed by atoms with Crippen molar-refractivity contribution < 1.29 is 19.1 Å². The van der Waals surface area contributed by atoms with Crippen molar-refractivity contribution >= 4 is 23.6 Å². The van der Waals surface area contributed by atoms with Gasteiger partial charge in [-0.05, 0) is 11.6 Å². The Morgan fingerprint density at radius 2 is 2.25 bits per heavy atom. The van der Waals surface area contributed by atoms with Crippen molar-refractivity contribution in [3.8, 4) is 6.07 Å². The van der Waals surface area contributed by atoms with Crippen LogP contribution in [-0.4, -0.2) is 28.8 Å². The first-order valence-electron chi connectivity index (χ1n) is 5.70. The zero-order chi connectivity index (χ0) is 15.1. The first-order chi connectivity index (χ1) is 9.45. The lowest BCUT2D eigenvalue weighted by Crippen LogP contribution is -2.41. The lowest BCUT2D eigenvalue weighted by atomic mass is 10.1. The number of amides is 1. The number of benzene rings is 1. The number of carboxylic acids is 1. The normalized spacial score (nSPS) is 11.4. The molecular formula is C13H13FN2O3S. The molecular weight excluding hydrogens is 283 g/mol. The highest BCUT2D eigenvalue weighted by molar-refractivity contribution is 7.98. The van der Waals surface area contributed by atoms with E-state index >= 15 is 0 Å². The van der Waals surface area contributed by atoms with Gasteiger partial charge in [0.1, 0.15) is 17.9 Å². The summed E-state index contributed by atoms with van der Waals surface area (Å²) >= 11 is 1.17. The van der Waals surface area contributed by atoms with Crippen molar-refractivity contribution in [2.45, 2.75) is 18.7 Å². The van der Waals surface area contributed by atoms with Crippen molar-refractivity contribution in [2.75, 3.05) is 5.75 Å². The minimum Gasteiger partial charge on any atom is -0.480 e. The summed E-state index contributed by atoms with van der Waals surface area (Å²) in [7, 11) is 0. The lowest BCUT2D eigenvalue weighted by molar-refractivity contribution is -0.140. The lowest BCUT2D eigenvalue weighted by Gasteiger charge is -2.12. The molecule has 106 valence electrons. The Hall–Kier alpha value is -2.07. The van der Waals surface area contributed by atoms with Crippen LogP contribution in [0.4, 0.5) is 4.39 Å². The number of nitriles is 1. The third-order valence-electron chi connectivity index (χ3n) is 2.42. The Labute approximate surface area is 119 Å². The van der Waals surface area contributed by atoms with Crippen LogP contribution in [0.15, 0.2) is 18.2 Å². The molecule has 0 aliphatic carbocycles. The SMILES string of the molecule is CC(=O)NC(CSCc1cccc(C#N)c1F)C(=O)O. The molecule has 0 saturated carbocycles. The fraction of sp³-hybridized carbons (Fsp3) is 0.308. The molecule has 0 fully saturated rings. The van der Waals surface area contributed by atoms with E-state index in [4.69, 9.17) is 10.4 Å². The Bertz CT molecular complexity index is 557. The van der Waals surface area contributed by atoms with Gasteiger partial charge in [0.2, 0.25) is 5.91 Å². The molecule has 1 aromatic rings. The van der Waals surface area contributed by atoms with Crippen LogP contribution in [0.25, 0.3) is 0 Å². The van der Waals surface area contributed by atoms with Crippen LogP contribution in [0.1, 0.15) is 18.1 Å². The summed E-state index contributed by atoms with van der Waals surface area (Å²) in [5.74, 6) is -1.82. The van der Waals surface area contributed by atoms with E-state index in [-0.39, 0.29) is 17.1 Å².